The highest BCUT2D eigenvalue weighted by Gasteiger charge is 1.91. The molecule has 0 unspecified atom stereocenters. The Morgan fingerprint density at radius 1 is 0.933 bits per heavy atom. The fourth-order valence-electron chi connectivity index (χ4n) is 0.751. The summed E-state index contributed by atoms with van der Waals surface area (Å²) >= 11 is 5.31. The van der Waals surface area contributed by atoms with Crippen LogP contribution in [0.25, 0.3) is 0 Å². The van der Waals surface area contributed by atoms with E-state index >= 15 is 0 Å². The molecule has 2 heteroatoms. The maximum absolute atomic E-state index is 3.40. The molecule has 0 spiro atoms. The molecule has 0 aliphatic carbocycles. The normalized spacial score (nSPS) is 9.33. The monoisotopic (exact) mass is 288 g/mol. The van der Waals surface area contributed by atoms with E-state index < -0.39 is 0 Å². The van der Waals surface area contributed by atoms with Crippen molar-refractivity contribution in [2.24, 2.45) is 0 Å². The van der Waals surface area contributed by atoms with Crippen LogP contribution in [0.3, 0.4) is 0 Å². The first-order chi connectivity index (χ1) is 7.24. The third-order valence-corrected chi connectivity index (χ3v) is 3.53. The number of thioether (sulfide) groups is 1. The molecule has 0 amide bonds. The molecule has 0 fully saturated rings. The first kappa shape index (κ1) is 15.0. The van der Waals surface area contributed by atoms with Gasteiger partial charge in [0.25, 0.3) is 0 Å². The van der Waals surface area contributed by atoms with E-state index in [1.165, 1.54) is 29.9 Å². The zero-order valence-electron chi connectivity index (χ0n) is 9.92. The standard InChI is InChI=1S/C9H11BrS.C4H10/c1-2-7-11-9-5-3-8(10)4-6-9;1-3-4-2/h3-6H,2,7H2,1H3;3-4H2,1-2H3. The Morgan fingerprint density at radius 2 is 1.47 bits per heavy atom. The maximum Gasteiger partial charge on any atom is 0.0176 e. The predicted molar refractivity (Wildman–Crippen MR) is 75.7 cm³/mol. The van der Waals surface area contributed by atoms with Crippen LogP contribution in [0, 0.1) is 0 Å². The van der Waals surface area contributed by atoms with E-state index in [9.17, 15) is 0 Å². The second-order valence-corrected chi connectivity index (χ2v) is 5.39. The van der Waals surface area contributed by atoms with Gasteiger partial charge >= 0.3 is 0 Å². The molecule has 0 bridgehead atoms. The van der Waals surface area contributed by atoms with E-state index in [4.69, 9.17) is 0 Å². The Hall–Kier alpha value is 0.0500. The molecular formula is C13H21BrS. The SMILES string of the molecule is CCCC.CCCSc1ccc(Br)cc1. The van der Waals surface area contributed by atoms with Crippen molar-refractivity contribution in [3.05, 3.63) is 28.7 Å². The number of hydrogen-bond acceptors (Lipinski definition) is 1. The van der Waals surface area contributed by atoms with Gasteiger partial charge in [0, 0.05) is 9.37 Å². The topological polar surface area (TPSA) is 0 Å². The Kier molecular flexibility index (Phi) is 10.6. The molecule has 0 aromatic heterocycles. The molecule has 1 aromatic rings. The zero-order valence-corrected chi connectivity index (χ0v) is 12.3. The van der Waals surface area contributed by atoms with Gasteiger partial charge in [-0.1, -0.05) is 49.5 Å². The van der Waals surface area contributed by atoms with Crippen LogP contribution >= 0.6 is 27.7 Å². The highest BCUT2D eigenvalue weighted by Crippen LogP contribution is 2.20. The molecule has 0 radical (unpaired) electrons. The van der Waals surface area contributed by atoms with Gasteiger partial charge in [-0.25, -0.2) is 0 Å². The number of unbranched alkanes of at least 4 members (excludes halogenated alkanes) is 1. The summed E-state index contributed by atoms with van der Waals surface area (Å²) in [5, 5.41) is 0. The summed E-state index contributed by atoms with van der Waals surface area (Å²) in [6.45, 7) is 6.56. The van der Waals surface area contributed by atoms with Crippen molar-refractivity contribution in [2.45, 2.75) is 44.9 Å². The average Bonchev–Trinajstić information content (AvgIpc) is 2.29. The molecule has 0 aliphatic heterocycles. The molecule has 15 heavy (non-hydrogen) atoms. The first-order valence-electron chi connectivity index (χ1n) is 5.62. The lowest BCUT2D eigenvalue weighted by molar-refractivity contribution is 0.886. The van der Waals surface area contributed by atoms with Crippen molar-refractivity contribution in [2.75, 3.05) is 5.75 Å². The fourth-order valence-corrected chi connectivity index (χ4v) is 1.78. The van der Waals surface area contributed by atoms with Crippen LogP contribution in [-0.2, 0) is 0 Å². The van der Waals surface area contributed by atoms with Crippen molar-refractivity contribution in [3.8, 4) is 0 Å². The minimum Gasteiger partial charge on any atom is -0.126 e. The summed E-state index contributed by atoms with van der Waals surface area (Å²) in [5.41, 5.74) is 0. The maximum atomic E-state index is 3.40. The van der Waals surface area contributed by atoms with E-state index in [1.807, 2.05) is 11.8 Å². The third kappa shape index (κ3) is 9.01. The Bertz CT molecular complexity index is 229. The van der Waals surface area contributed by atoms with Gasteiger partial charge < -0.3 is 0 Å². The van der Waals surface area contributed by atoms with Gasteiger partial charge in [-0.2, -0.15) is 0 Å². The van der Waals surface area contributed by atoms with Gasteiger partial charge in [0.15, 0.2) is 0 Å². The molecule has 0 saturated carbocycles. The zero-order chi connectivity index (χ0) is 11.5. The van der Waals surface area contributed by atoms with Crippen LogP contribution in [0.15, 0.2) is 33.6 Å². The van der Waals surface area contributed by atoms with Crippen molar-refractivity contribution in [1.82, 2.24) is 0 Å². The third-order valence-electron chi connectivity index (χ3n) is 1.79. The van der Waals surface area contributed by atoms with E-state index in [2.05, 4.69) is 61.0 Å². The van der Waals surface area contributed by atoms with E-state index in [0.29, 0.717) is 0 Å². The van der Waals surface area contributed by atoms with Gasteiger partial charge in [0.1, 0.15) is 0 Å². The minimum atomic E-state index is 1.15. The lowest BCUT2D eigenvalue weighted by Gasteiger charge is -1.98. The average molecular weight is 289 g/mol. The second-order valence-electron chi connectivity index (χ2n) is 3.30. The van der Waals surface area contributed by atoms with E-state index in [1.54, 1.807) is 0 Å². The molecular weight excluding hydrogens is 268 g/mol. The van der Waals surface area contributed by atoms with Crippen molar-refractivity contribution in [1.29, 1.82) is 0 Å². The van der Waals surface area contributed by atoms with Crippen LogP contribution in [0.2, 0.25) is 0 Å². The van der Waals surface area contributed by atoms with Crippen LogP contribution in [-0.4, -0.2) is 5.75 Å². The highest BCUT2D eigenvalue weighted by atomic mass is 79.9. The molecule has 0 aliphatic rings. The van der Waals surface area contributed by atoms with Crippen LogP contribution in [0.1, 0.15) is 40.0 Å². The van der Waals surface area contributed by atoms with Gasteiger partial charge in [0.2, 0.25) is 0 Å². The first-order valence-corrected chi connectivity index (χ1v) is 7.40. The Balaban J connectivity index is 0.000000423. The van der Waals surface area contributed by atoms with Crippen molar-refractivity contribution >= 4 is 27.7 Å². The molecule has 0 heterocycles. The summed E-state index contributed by atoms with van der Waals surface area (Å²) in [5.74, 6) is 1.21. The Labute approximate surface area is 107 Å². The van der Waals surface area contributed by atoms with Crippen molar-refractivity contribution in [3.63, 3.8) is 0 Å². The summed E-state index contributed by atoms with van der Waals surface area (Å²) in [4.78, 5) is 1.36. The van der Waals surface area contributed by atoms with Gasteiger partial charge in [-0.05, 0) is 36.4 Å². The van der Waals surface area contributed by atoms with Gasteiger partial charge in [0.05, 0.1) is 0 Å². The lowest BCUT2D eigenvalue weighted by Crippen LogP contribution is -1.74. The smallest absolute Gasteiger partial charge is 0.0176 e. The summed E-state index contributed by atoms with van der Waals surface area (Å²) in [7, 11) is 0. The number of halogens is 1. The lowest BCUT2D eigenvalue weighted by atomic mass is 10.4. The minimum absolute atomic E-state index is 1.15. The van der Waals surface area contributed by atoms with Crippen LogP contribution in [0.4, 0.5) is 0 Å². The predicted octanol–water partition coefficient (Wildman–Crippen LogP) is 5.76. The highest BCUT2D eigenvalue weighted by molar-refractivity contribution is 9.10. The molecule has 0 nitrogen and oxygen atoms in total. The molecule has 0 N–H and O–H groups in total. The quantitative estimate of drug-likeness (QED) is 0.635. The largest absolute Gasteiger partial charge is 0.126 e. The van der Waals surface area contributed by atoms with Crippen LogP contribution < -0.4 is 0 Å². The van der Waals surface area contributed by atoms with Gasteiger partial charge in [-0.15, -0.1) is 11.8 Å². The summed E-state index contributed by atoms with van der Waals surface area (Å²) in [6, 6.07) is 8.45. The summed E-state index contributed by atoms with van der Waals surface area (Å²) < 4.78 is 1.15. The summed E-state index contributed by atoms with van der Waals surface area (Å²) in [6.07, 6.45) is 3.88. The number of hydrogen-bond donors (Lipinski definition) is 0. The molecule has 0 atom stereocenters. The number of benzene rings is 1. The molecule has 86 valence electrons. The number of rotatable bonds is 4. The van der Waals surface area contributed by atoms with E-state index in [-0.39, 0.29) is 0 Å². The molecule has 0 saturated heterocycles. The Morgan fingerprint density at radius 3 is 1.87 bits per heavy atom. The van der Waals surface area contributed by atoms with Gasteiger partial charge in [-0.3, -0.25) is 0 Å². The van der Waals surface area contributed by atoms with Crippen LogP contribution in [0.5, 0.6) is 0 Å². The molecule has 1 aromatic carbocycles. The fraction of sp³-hybridized carbons (Fsp3) is 0.538. The second kappa shape index (κ2) is 10.6. The van der Waals surface area contributed by atoms with Crippen molar-refractivity contribution < 1.29 is 0 Å². The van der Waals surface area contributed by atoms with E-state index in [0.717, 1.165) is 4.47 Å². The molecule has 1 rings (SSSR count).